The lowest BCUT2D eigenvalue weighted by atomic mass is 9.80. The Morgan fingerprint density at radius 1 is 0.974 bits per heavy atom. The van der Waals surface area contributed by atoms with E-state index in [0.29, 0.717) is 11.7 Å². The molecule has 2 aliphatic rings. The summed E-state index contributed by atoms with van der Waals surface area (Å²) in [6, 6.07) is 9.30. The maximum absolute atomic E-state index is 12.4. The van der Waals surface area contributed by atoms with E-state index in [-0.39, 0.29) is 0 Å². The predicted molar refractivity (Wildman–Crippen MR) is 164 cm³/mol. The molecule has 0 unspecified atom stereocenters. The first-order chi connectivity index (χ1) is 19.2. The van der Waals surface area contributed by atoms with Crippen LogP contribution in [-0.2, 0) is 24.1 Å². The van der Waals surface area contributed by atoms with Crippen molar-refractivity contribution in [1.29, 1.82) is 0 Å². The topological polar surface area (TPSA) is 42.9 Å². The van der Waals surface area contributed by atoms with Crippen LogP contribution in [0.4, 0.5) is 0 Å². The van der Waals surface area contributed by atoms with E-state index in [2.05, 4.69) is 55.2 Å². The first-order valence-corrected chi connectivity index (χ1v) is 16.3. The Hall–Kier alpha value is -2.29. The lowest BCUT2D eigenvalue weighted by Crippen LogP contribution is -2.14. The highest BCUT2D eigenvalue weighted by molar-refractivity contribution is 5.78. The van der Waals surface area contributed by atoms with E-state index in [9.17, 15) is 4.79 Å². The van der Waals surface area contributed by atoms with Gasteiger partial charge in [0.2, 0.25) is 0 Å². The third-order valence-electron chi connectivity index (χ3n) is 9.51. The first kappa shape index (κ1) is 29.7. The zero-order chi connectivity index (χ0) is 27.3. The summed E-state index contributed by atoms with van der Waals surface area (Å²) in [6.45, 7) is 4.57. The number of aryl methyl sites for hydroxylation is 2. The quantitative estimate of drug-likeness (QED) is 0.229. The molecule has 0 atom stereocenters. The van der Waals surface area contributed by atoms with E-state index in [4.69, 9.17) is 4.98 Å². The second-order valence-electron chi connectivity index (χ2n) is 12.3. The monoisotopic (exact) mass is 528 g/mol. The van der Waals surface area contributed by atoms with Crippen LogP contribution < -0.4 is 0 Å². The number of carbonyl (C=O) groups is 1. The van der Waals surface area contributed by atoms with Crippen molar-refractivity contribution in [3.05, 3.63) is 64.7 Å². The Labute approximate surface area is 238 Å². The Morgan fingerprint density at radius 2 is 1.77 bits per heavy atom. The number of hydrogen-bond donors (Lipinski definition) is 0. The van der Waals surface area contributed by atoms with Crippen molar-refractivity contribution in [1.82, 2.24) is 9.97 Å². The minimum Gasteiger partial charge on any atom is -0.300 e. The summed E-state index contributed by atoms with van der Waals surface area (Å²) >= 11 is 0. The van der Waals surface area contributed by atoms with Crippen LogP contribution in [-0.4, -0.2) is 15.8 Å². The highest BCUT2D eigenvalue weighted by Gasteiger charge is 2.21. The number of carbonyl (C=O) groups excluding carboxylic acids is 1. The molecule has 2 aromatic rings. The number of benzene rings is 1. The molecule has 1 aromatic heterocycles. The molecule has 4 rings (SSSR count). The highest BCUT2D eigenvalue weighted by atomic mass is 16.1. The van der Waals surface area contributed by atoms with Crippen LogP contribution in [0.5, 0.6) is 0 Å². The van der Waals surface area contributed by atoms with Gasteiger partial charge in [0.1, 0.15) is 12.1 Å². The normalized spacial score (nSPS) is 19.5. The Bertz CT molecular complexity index is 1040. The third-order valence-corrected chi connectivity index (χ3v) is 9.51. The van der Waals surface area contributed by atoms with Crippen LogP contribution in [0, 0.1) is 11.8 Å². The number of Topliss-reactive ketones (excluding diaryl/α,β-unsaturated/α-hetero) is 1. The van der Waals surface area contributed by atoms with Crippen molar-refractivity contribution in [2.24, 2.45) is 11.8 Å². The van der Waals surface area contributed by atoms with Gasteiger partial charge < -0.3 is 0 Å². The summed E-state index contributed by atoms with van der Waals surface area (Å²) in [5.74, 6) is 2.73. The van der Waals surface area contributed by atoms with Gasteiger partial charge in [-0.05, 0) is 80.2 Å². The number of fused-ring (bicyclic) bond motifs is 1. The van der Waals surface area contributed by atoms with E-state index in [1.54, 1.807) is 6.33 Å². The molecule has 0 spiro atoms. The van der Waals surface area contributed by atoms with Crippen LogP contribution in [0.3, 0.4) is 0 Å². The molecule has 2 aliphatic carbocycles. The molecule has 3 heteroatoms. The number of nitrogens with zero attached hydrogens (tertiary/aromatic N) is 2. The molecular weight excluding hydrogens is 476 g/mol. The van der Waals surface area contributed by atoms with Gasteiger partial charge in [0, 0.05) is 18.4 Å². The molecule has 0 amide bonds. The largest absolute Gasteiger partial charge is 0.300 e. The van der Waals surface area contributed by atoms with Crippen molar-refractivity contribution in [3.8, 4) is 0 Å². The fraction of sp³-hybridized carbons (Fsp3) is 0.639. The Kier molecular flexibility index (Phi) is 12.2. The zero-order valence-corrected chi connectivity index (χ0v) is 24.8. The number of hydrogen-bond acceptors (Lipinski definition) is 3. The van der Waals surface area contributed by atoms with Crippen molar-refractivity contribution in [3.63, 3.8) is 0 Å². The minimum atomic E-state index is 0.462. The molecule has 0 bridgehead atoms. The van der Waals surface area contributed by atoms with E-state index < -0.39 is 0 Å². The van der Waals surface area contributed by atoms with Gasteiger partial charge >= 0.3 is 0 Å². The van der Waals surface area contributed by atoms with Gasteiger partial charge in [-0.25, -0.2) is 9.97 Å². The molecule has 1 heterocycles. The average molecular weight is 529 g/mol. The summed E-state index contributed by atoms with van der Waals surface area (Å²) in [4.78, 5) is 21.6. The fourth-order valence-electron chi connectivity index (χ4n) is 6.92. The van der Waals surface area contributed by atoms with E-state index in [1.165, 1.54) is 92.3 Å². The standard InChI is InChI=1S/C36H52N2O/c1-3-28(4-2)13-5-6-21-33(39)22-12-17-29-14-11-20-32(25-29)31-18-9-15-30(16-10-19-31)26-36-34-23-7-8-24-35(34)37-27-38-36/h7,11,14,20,23,25,27-28,30-31H,3-6,8-10,12-13,15-19,21-22,24,26H2,1-2H3. The van der Waals surface area contributed by atoms with Gasteiger partial charge in [-0.2, -0.15) is 0 Å². The molecule has 0 saturated heterocycles. The van der Waals surface area contributed by atoms with Gasteiger partial charge in [0.05, 0.1) is 11.4 Å². The Morgan fingerprint density at radius 3 is 2.56 bits per heavy atom. The summed E-state index contributed by atoms with van der Waals surface area (Å²) in [7, 11) is 0. The van der Waals surface area contributed by atoms with Crippen LogP contribution in [0.15, 0.2) is 36.7 Å². The molecule has 1 aromatic carbocycles. The highest BCUT2D eigenvalue weighted by Crippen LogP contribution is 2.35. The maximum Gasteiger partial charge on any atom is 0.132 e. The average Bonchev–Trinajstić information content (AvgIpc) is 2.95. The smallest absolute Gasteiger partial charge is 0.132 e. The van der Waals surface area contributed by atoms with Gasteiger partial charge in [-0.3, -0.25) is 4.79 Å². The van der Waals surface area contributed by atoms with Crippen LogP contribution in [0.2, 0.25) is 0 Å². The van der Waals surface area contributed by atoms with Crippen molar-refractivity contribution >= 4 is 11.9 Å². The summed E-state index contributed by atoms with van der Waals surface area (Å²) in [5.41, 5.74) is 6.75. The van der Waals surface area contributed by atoms with Gasteiger partial charge in [-0.15, -0.1) is 0 Å². The second-order valence-corrected chi connectivity index (χ2v) is 12.3. The van der Waals surface area contributed by atoms with Crippen molar-refractivity contribution in [2.45, 2.75) is 135 Å². The molecule has 1 saturated carbocycles. The summed E-state index contributed by atoms with van der Waals surface area (Å²) in [6.07, 6.45) is 27.0. The number of rotatable bonds is 14. The molecule has 1 fully saturated rings. The van der Waals surface area contributed by atoms with Gasteiger partial charge in [-0.1, -0.05) is 102 Å². The zero-order valence-electron chi connectivity index (χ0n) is 24.8. The number of ketones is 1. The summed E-state index contributed by atoms with van der Waals surface area (Å²) in [5, 5.41) is 0. The molecule has 0 N–H and O–H groups in total. The predicted octanol–water partition coefficient (Wildman–Crippen LogP) is 9.62. The molecule has 3 nitrogen and oxygen atoms in total. The SMILES string of the molecule is CCC(CC)CCCCC(=O)CCCc1cccc(C2CCCC(Cc3ncnc4c3C=CCC4)CCC2)c1. The maximum atomic E-state index is 12.4. The fourth-order valence-corrected chi connectivity index (χ4v) is 6.92. The molecule has 39 heavy (non-hydrogen) atoms. The number of aromatic nitrogens is 2. The van der Waals surface area contributed by atoms with Crippen LogP contribution in [0.1, 0.15) is 144 Å². The Balaban J connectivity index is 1.19. The first-order valence-electron chi connectivity index (χ1n) is 16.3. The van der Waals surface area contributed by atoms with Crippen molar-refractivity contribution < 1.29 is 4.79 Å². The van der Waals surface area contributed by atoms with Crippen LogP contribution in [0.25, 0.3) is 6.08 Å². The lowest BCUT2D eigenvalue weighted by Gasteiger charge is -2.26. The van der Waals surface area contributed by atoms with Gasteiger partial charge in [0.25, 0.3) is 0 Å². The van der Waals surface area contributed by atoms with E-state index in [1.807, 2.05) is 0 Å². The molecule has 0 aliphatic heterocycles. The lowest BCUT2D eigenvalue weighted by molar-refractivity contribution is -0.119. The minimum absolute atomic E-state index is 0.462. The van der Waals surface area contributed by atoms with Gasteiger partial charge in [0.15, 0.2) is 0 Å². The number of unbranched alkanes of at least 4 members (excludes halogenated alkanes) is 1. The van der Waals surface area contributed by atoms with E-state index >= 15 is 0 Å². The number of allylic oxidation sites excluding steroid dienone is 1. The third kappa shape index (κ3) is 9.40. The second kappa shape index (κ2) is 16.1. The molecular formula is C36H52N2O. The molecule has 212 valence electrons. The van der Waals surface area contributed by atoms with Crippen LogP contribution >= 0.6 is 0 Å². The molecule has 0 radical (unpaired) electrons. The van der Waals surface area contributed by atoms with Crippen molar-refractivity contribution in [2.75, 3.05) is 0 Å². The summed E-state index contributed by atoms with van der Waals surface area (Å²) < 4.78 is 0. The van der Waals surface area contributed by atoms with E-state index in [0.717, 1.165) is 63.2 Å².